The van der Waals surface area contributed by atoms with Crippen LogP contribution in [0.2, 0.25) is 5.02 Å². The van der Waals surface area contributed by atoms with Gasteiger partial charge in [-0.25, -0.2) is 0 Å². The summed E-state index contributed by atoms with van der Waals surface area (Å²) in [5.41, 5.74) is 2.30. The van der Waals surface area contributed by atoms with Crippen molar-refractivity contribution < 1.29 is 4.79 Å². The van der Waals surface area contributed by atoms with Crippen LogP contribution in [0.5, 0.6) is 0 Å². The van der Waals surface area contributed by atoms with Gasteiger partial charge < -0.3 is 5.32 Å². The Morgan fingerprint density at radius 1 is 1.35 bits per heavy atom. The van der Waals surface area contributed by atoms with Crippen LogP contribution in [0.3, 0.4) is 0 Å². The number of hydrogen-bond donors (Lipinski definition) is 1. The van der Waals surface area contributed by atoms with Gasteiger partial charge in [0.2, 0.25) is 5.91 Å². The summed E-state index contributed by atoms with van der Waals surface area (Å²) in [5, 5.41) is 7.90. The van der Waals surface area contributed by atoms with E-state index < -0.39 is 0 Å². The zero-order chi connectivity index (χ0) is 14.4. The summed E-state index contributed by atoms with van der Waals surface area (Å²) in [6.45, 7) is 2.01. The Morgan fingerprint density at radius 2 is 2.15 bits per heavy atom. The number of carbonyl (C=O) groups is 1. The molecule has 1 atom stereocenters. The number of nitrogens with one attached hydrogen (secondary N) is 1. The number of carbonyl (C=O) groups excluding carboxylic acids is 1. The Labute approximate surface area is 128 Å². The molecule has 1 aromatic carbocycles. The summed E-state index contributed by atoms with van der Waals surface area (Å²) < 4.78 is 0. The molecule has 1 amide bonds. The predicted octanol–water partition coefficient (Wildman–Crippen LogP) is 4.08. The Bertz CT molecular complexity index is 553. The predicted molar refractivity (Wildman–Crippen MR) is 85.4 cm³/mol. The molecule has 2 nitrogen and oxygen atoms in total. The van der Waals surface area contributed by atoms with Crippen LogP contribution >= 0.6 is 22.9 Å². The van der Waals surface area contributed by atoms with E-state index in [1.807, 2.05) is 36.6 Å². The topological polar surface area (TPSA) is 29.1 Å². The van der Waals surface area contributed by atoms with Crippen LogP contribution in [0.15, 0.2) is 41.1 Å². The summed E-state index contributed by atoms with van der Waals surface area (Å²) in [6.07, 6.45) is 2.08. The minimum atomic E-state index is 0.0878. The minimum absolute atomic E-state index is 0.0878. The molecule has 2 rings (SSSR count). The molecule has 1 heterocycles. The SMILES string of the molecule is C[C@H](Cc1ccccc1Cl)NC(=O)CCc1ccsc1. The molecular weight excluding hydrogens is 290 g/mol. The van der Waals surface area contributed by atoms with Crippen LogP contribution in [0.1, 0.15) is 24.5 Å². The lowest BCUT2D eigenvalue weighted by Gasteiger charge is -2.14. The zero-order valence-corrected chi connectivity index (χ0v) is 13.0. The van der Waals surface area contributed by atoms with Crippen molar-refractivity contribution in [1.29, 1.82) is 0 Å². The van der Waals surface area contributed by atoms with Gasteiger partial charge in [0.1, 0.15) is 0 Å². The maximum Gasteiger partial charge on any atom is 0.220 e. The number of hydrogen-bond acceptors (Lipinski definition) is 2. The molecule has 0 saturated carbocycles. The van der Waals surface area contributed by atoms with Gasteiger partial charge in [-0.05, 0) is 53.8 Å². The highest BCUT2D eigenvalue weighted by molar-refractivity contribution is 7.07. The molecule has 1 aromatic heterocycles. The van der Waals surface area contributed by atoms with Gasteiger partial charge in [0, 0.05) is 17.5 Å². The lowest BCUT2D eigenvalue weighted by molar-refractivity contribution is -0.121. The lowest BCUT2D eigenvalue weighted by Crippen LogP contribution is -2.34. The molecule has 4 heteroatoms. The Morgan fingerprint density at radius 3 is 2.85 bits per heavy atom. The van der Waals surface area contributed by atoms with Crippen LogP contribution in [-0.4, -0.2) is 11.9 Å². The second-order valence-corrected chi connectivity index (χ2v) is 6.08. The summed E-state index contributed by atoms with van der Waals surface area (Å²) in [5.74, 6) is 0.0933. The zero-order valence-electron chi connectivity index (χ0n) is 11.4. The van der Waals surface area contributed by atoms with Crippen molar-refractivity contribution in [3.8, 4) is 0 Å². The number of rotatable bonds is 6. The van der Waals surface area contributed by atoms with Crippen molar-refractivity contribution >= 4 is 28.8 Å². The smallest absolute Gasteiger partial charge is 0.220 e. The maximum atomic E-state index is 11.9. The Kier molecular flexibility index (Phi) is 5.62. The maximum absolute atomic E-state index is 11.9. The van der Waals surface area contributed by atoms with Crippen molar-refractivity contribution in [3.05, 3.63) is 57.2 Å². The highest BCUT2D eigenvalue weighted by atomic mass is 35.5. The van der Waals surface area contributed by atoms with Gasteiger partial charge in [-0.2, -0.15) is 11.3 Å². The van der Waals surface area contributed by atoms with Gasteiger partial charge >= 0.3 is 0 Å². The lowest BCUT2D eigenvalue weighted by atomic mass is 10.1. The fraction of sp³-hybridized carbons (Fsp3) is 0.312. The van der Waals surface area contributed by atoms with E-state index in [9.17, 15) is 4.79 Å². The standard InChI is InChI=1S/C16H18ClNOS/c1-12(10-14-4-2-3-5-15(14)17)18-16(19)7-6-13-8-9-20-11-13/h2-5,8-9,11-12H,6-7,10H2,1H3,(H,18,19)/t12-/m1/s1. The number of aryl methyl sites for hydroxylation is 1. The van der Waals surface area contributed by atoms with Gasteiger partial charge in [0.05, 0.1) is 0 Å². The summed E-state index contributed by atoms with van der Waals surface area (Å²) in [6, 6.07) is 9.90. The van der Waals surface area contributed by atoms with E-state index in [1.54, 1.807) is 11.3 Å². The largest absolute Gasteiger partial charge is 0.353 e. The van der Waals surface area contributed by atoms with Crippen LogP contribution in [0.25, 0.3) is 0 Å². The molecule has 2 aromatic rings. The molecule has 0 bridgehead atoms. The molecule has 20 heavy (non-hydrogen) atoms. The first kappa shape index (κ1) is 15.1. The molecule has 0 spiro atoms. The molecule has 0 radical (unpaired) electrons. The Balaban J connectivity index is 1.78. The third-order valence-electron chi connectivity index (χ3n) is 3.11. The second kappa shape index (κ2) is 7.46. The van der Waals surface area contributed by atoms with E-state index >= 15 is 0 Å². The monoisotopic (exact) mass is 307 g/mol. The highest BCUT2D eigenvalue weighted by Gasteiger charge is 2.10. The van der Waals surface area contributed by atoms with E-state index in [4.69, 9.17) is 11.6 Å². The van der Waals surface area contributed by atoms with E-state index in [-0.39, 0.29) is 11.9 Å². The van der Waals surface area contributed by atoms with Gasteiger partial charge in [-0.15, -0.1) is 0 Å². The highest BCUT2D eigenvalue weighted by Crippen LogP contribution is 2.16. The fourth-order valence-corrected chi connectivity index (χ4v) is 3.00. The van der Waals surface area contributed by atoms with Crippen molar-refractivity contribution in [1.82, 2.24) is 5.32 Å². The number of thiophene rings is 1. The third-order valence-corrected chi connectivity index (χ3v) is 4.21. The number of benzene rings is 1. The molecule has 1 N–H and O–H groups in total. The van der Waals surface area contributed by atoms with Gasteiger partial charge in [0.15, 0.2) is 0 Å². The molecule has 106 valence electrons. The number of halogens is 1. The van der Waals surface area contributed by atoms with E-state index in [2.05, 4.69) is 16.8 Å². The van der Waals surface area contributed by atoms with Crippen molar-refractivity contribution in [2.45, 2.75) is 32.2 Å². The van der Waals surface area contributed by atoms with Gasteiger partial charge in [-0.3, -0.25) is 4.79 Å². The molecule has 0 aliphatic heterocycles. The van der Waals surface area contributed by atoms with Crippen LogP contribution in [0, 0.1) is 0 Å². The first-order valence-corrected chi connectivity index (χ1v) is 8.01. The average molecular weight is 308 g/mol. The quantitative estimate of drug-likeness (QED) is 0.856. The normalized spacial score (nSPS) is 12.1. The Hall–Kier alpha value is -1.32. The van der Waals surface area contributed by atoms with E-state index in [1.165, 1.54) is 5.56 Å². The van der Waals surface area contributed by atoms with Crippen molar-refractivity contribution in [2.75, 3.05) is 0 Å². The van der Waals surface area contributed by atoms with E-state index in [0.29, 0.717) is 6.42 Å². The summed E-state index contributed by atoms with van der Waals surface area (Å²) >= 11 is 7.78. The molecule has 0 aliphatic carbocycles. The minimum Gasteiger partial charge on any atom is -0.353 e. The number of amides is 1. The van der Waals surface area contributed by atoms with Crippen molar-refractivity contribution in [3.63, 3.8) is 0 Å². The van der Waals surface area contributed by atoms with Crippen LogP contribution in [0.4, 0.5) is 0 Å². The van der Waals surface area contributed by atoms with Crippen molar-refractivity contribution in [2.24, 2.45) is 0 Å². The first-order valence-electron chi connectivity index (χ1n) is 6.69. The second-order valence-electron chi connectivity index (χ2n) is 4.90. The van der Waals surface area contributed by atoms with E-state index in [0.717, 1.165) is 23.4 Å². The molecule has 0 fully saturated rings. The fourth-order valence-electron chi connectivity index (χ4n) is 2.08. The first-order chi connectivity index (χ1) is 9.65. The summed E-state index contributed by atoms with van der Waals surface area (Å²) in [4.78, 5) is 11.9. The average Bonchev–Trinajstić information content (AvgIpc) is 2.92. The van der Waals surface area contributed by atoms with Gasteiger partial charge in [-0.1, -0.05) is 29.8 Å². The molecule has 0 unspecified atom stereocenters. The molecule has 0 aliphatic rings. The molecule has 0 saturated heterocycles. The van der Waals surface area contributed by atoms with Crippen LogP contribution < -0.4 is 5.32 Å². The van der Waals surface area contributed by atoms with Gasteiger partial charge in [0.25, 0.3) is 0 Å². The van der Waals surface area contributed by atoms with Crippen LogP contribution in [-0.2, 0) is 17.6 Å². The third kappa shape index (κ3) is 4.66. The summed E-state index contributed by atoms with van der Waals surface area (Å²) in [7, 11) is 0. The molecular formula is C16H18ClNOS.